The van der Waals surface area contributed by atoms with E-state index in [0.717, 1.165) is 6.07 Å². The molecule has 3 aromatic rings. The molecule has 2 aromatic carbocycles. The normalized spacial score (nSPS) is 14.2. The lowest BCUT2D eigenvalue weighted by Gasteiger charge is -2.34. The van der Waals surface area contributed by atoms with Gasteiger partial charge in [0.25, 0.3) is 17.7 Å². The second kappa shape index (κ2) is 12.2. The number of hydrogen-bond acceptors (Lipinski definition) is 6. The molecule has 4 rings (SSSR count). The monoisotopic (exact) mass is 575 g/mol. The average Bonchev–Trinajstić information content (AvgIpc) is 3.34. The number of furan rings is 1. The first kappa shape index (κ1) is 28.0. The van der Waals surface area contributed by atoms with E-state index >= 15 is 0 Å². The van der Waals surface area contributed by atoms with Crippen LogP contribution in [-0.4, -0.2) is 43.5 Å². The van der Waals surface area contributed by atoms with Crippen molar-refractivity contribution in [2.75, 3.05) is 24.6 Å². The maximum Gasteiger partial charge on any atom is 0.294 e. The minimum atomic E-state index is -1.04. The Morgan fingerprint density at radius 3 is 2.67 bits per heavy atom. The maximum absolute atomic E-state index is 13.5. The molecule has 204 valence electrons. The molecule has 0 aliphatic carbocycles. The van der Waals surface area contributed by atoms with Gasteiger partial charge in [0.15, 0.2) is 18.5 Å². The van der Waals surface area contributed by atoms with Crippen molar-refractivity contribution in [2.24, 2.45) is 0 Å². The highest BCUT2D eigenvalue weighted by Crippen LogP contribution is 2.36. The van der Waals surface area contributed by atoms with Gasteiger partial charge in [0.2, 0.25) is 0 Å². The minimum absolute atomic E-state index is 0.0495. The highest BCUT2D eigenvalue weighted by atomic mass is 35.5. The summed E-state index contributed by atoms with van der Waals surface area (Å²) in [6.07, 6.45) is -0.821. The molecule has 1 aromatic heterocycles. The first-order chi connectivity index (χ1) is 18.6. The number of carbonyl (C=O) groups excluding carboxylic acids is 3. The topological polar surface area (TPSA) is 110 Å². The van der Waals surface area contributed by atoms with Crippen molar-refractivity contribution >= 4 is 46.6 Å². The number of halogens is 3. The van der Waals surface area contributed by atoms with Crippen LogP contribution in [0.25, 0.3) is 0 Å². The Hall–Kier alpha value is -4.02. The molecule has 0 bridgehead atoms. The van der Waals surface area contributed by atoms with Crippen LogP contribution >= 0.6 is 23.2 Å². The number of carbonyl (C=O) groups is 3. The van der Waals surface area contributed by atoms with E-state index in [0.29, 0.717) is 27.9 Å². The highest BCUT2D eigenvalue weighted by molar-refractivity contribution is 6.31. The van der Waals surface area contributed by atoms with Gasteiger partial charge in [0, 0.05) is 29.8 Å². The molecule has 2 heterocycles. The zero-order chi connectivity index (χ0) is 28.1. The van der Waals surface area contributed by atoms with Gasteiger partial charge in [-0.15, -0.1) is 0 Å². The van der Waals surface area contributed by atoms with Gasteiger partial charge < -0.3 is 24.5 Å². The Morgan fingerprint density at radius 1 is 1.15 bits per heavy atom. The third-order valence-corrected chi connectivity index (χ3v) is 6.17. The van der Waals surface area contributed by atoms with Crippen LogP contribution < -0.4 is 25.0 Å². The highest BCUT2D eigenvalue weighted by Gasteiger charge is 2.35. The zero-order valence-electron chi connectivity index (χ0n) is 20.8. The molecule has 39 heavy (non-hydrogen) atoms. The van der Waals surface area contributed by atoms with Crippen LogP contribution in [0.3, 0.4) is 0 Å². The van der Waals surface area contributed by atoms with Crippen LogP contribution in [0.5, 0.6) is 11.5 Å². The number of amides is 3. The Balaban J connectivity index is 1.29. The number of nitrogens with zero attached hydrogens (tertiary/aromatic N) is 1. The second-order valence-corrected chi connectivity index (χ2v) is 9.45. The number of aryl methyl sites for hydroxylation is 1. The Bertz CT molecular complexity index is 1430. The molecule has 1 aliphatic heterocycles. The van der Waals surface area contributed by atoms with Gasteiger partial charge in [-0.1, -0.05) is 29.8 Å². The summed E-state index contributed by atoms with van der Waals surface area (Å²) in [6, 6.07) is 11.8. The largest absolute Gasteiger partial charge is 0.484 e. The molecule has 0 fully saturated rings. The third-order valence-electron chi connectivity index (χ3n) is 5.63. The first-order valence-electron chi connectivity index (χ1n) is 11.8. The molecule has 0 saturated heterocycles. The van der Waals surface area contributed by atoms with Gasteiger partial charge in [0.05, 0.1) is 17.3 Å². The van der Waals surface area contributed by atoms with E-state index in [9.17, 15) is 18.8 Å². The van der Waals surface area contributed by atoms with Gasteiger partial charge in [-0.25, -0.2) is 4.39 Å². The van der Waals surface area contributed by atoms with Crippen molar-refractivity contribution in [3.05, 3.63) is 88.2 Å². The predicted octanol–water partition coefficient (Wildman–Crippen LogP) is 4.66. The van der Waals surface area contributed by atoms with Crippen LogP contribution in [0.15, 0.2) is 65.2 Å². The molecule has 0 spiro atoms. The molecule has 9 nitrogen and oxygen atoms in total. The summed E-state index contributed by atoms with van der Waals surface area (Å²) in [4.78, 5) is 39.5. The van der Waals surface area contributed by atoms with Crippen LogP contribution in [-0.2, 0) is 9.59 Å². The van der Waals surface area contributed by atoms with Crippen molar-refractivity contribution in [1.29, 1.82) is 0 Å². The average molecular weight is 576 g/mol. The number of anilines is 1. The number of hydrogen-bond donors (Lipinski definition) is 2. The van der Waals surface area contributed by atoms with E-state index in [2.05, 4.69) is 17.2 Å². The number of nitrogens with one attached hydrogen (secondary N) is 2. The van der Waals surface area contributed by atoms with E-state index in [1.54, 1.807) is 37.3 Å². The number of ether oxygens (including phenoxy) is 2. The van der Waals surface area contributed by atoms with Crippen LogP contribution in [0, 0.1) is 12.7 Å². The Labute approximate surface area is 233 Å². The Morgan fingerprint density at radius 2 is 1.95 bits per heavy atom. The summed E-state index contributed by atoms with van der Waals surface area (Å²) in [6.45, 7) is 5.27. The summed E-state index contributed by atoms with van der Waals surface area (Å²) < 4.78 is 30.0. The molecule has 3 amide bonds. The lowest BCUT2D eigenvalue weighted by Crippen LogP contribution is -2.50. The van der Waals surface area contributed by atoms with Gasteiger partial charge in [0.1, 0.15) is 23.1 Å². The van der Waals surface area contributed by atoms with Crippen LogP contribution in [0.4, 0.5) is 10.1 Å². The molecule has 2 N–H and O–H groups in total. The summed E-state index contributed by atoms with van der Waals surface area (Å²) in [5.74, 6) is -0.912. The van der Waals surface area contributed by atoms with Crippen LogP contribution in [0.2, 0.25) is 10.0 Å². The van der Waals surface area contributed by atoms with Gasteiger partial charge in [-0.05, 0) is 49.4 Å². The van der Waals surface area contributed by atoms with Crippen molar-refractivity contribution < 1.29 is 32.7 Å². The lowest BCUT2D eigenvalue weighted by atomic mass is 10.1. The molecule has 1 aliphatic rings. The van der Waals surface area contributed by atoms with E-state index < -0.39 is 29.6 Å². The molecule has 0 radical (unpaired) electrons. The van der Waals surface area contributed by atoms with Crippen molar-refractivity contribution in [1.82, 2.24) is 10.6 Å². The molecular weight excluding hydrogens is 552 g/mol. The zero-order valence-corrected chi connectivity index (χ0v) is 22.3. The van der Waals surface area contributed by atoms with E-state index in [-0.39, 0.29) is 42.6 Å². The lowest BCUT2D eigenvalue weighted by molar-refractivity contribution is -0.127. The van der Waals surface area contributed by atoms with Crippen molar-refractivity contribution in [2.45, 2.75) is 19.4 Å². The van der Waals surface area contributed by atoms with Gasteiger partial charge >= 0.3 is 0 Å². The van der Waals surface area contributed by atoms with Crippen molar-refractivity contribution in [3.8, 4) is 11.5 Å². The summed E-state index contributed by atoms with van der Waals surface area (Å²) in [5.41, 5.74) is 0.738. The van der Waals surface area contributed by atoms with Crippen LogP contribution in [0.1, 0.15) is 22.7 Å². The van der Waals surface area contributed by atoms with E-state index in [4.69, 9.17) is 37.1 Å². The van der Waals surface area contributed by atoms with E-state index in [1.807, 2.05) is 0 Å². The predicted molar refractivity (Wildman–Crippen MR) is 143 cm³/mol. The molecule has 1 atom stereocenters. The summed E-state index contributed by atoms with van der Waals surface area (Å²) >= 11 is 11.8. The number of benzene rings is 2. The fourth-order valence-corrected chi connectivity index (χ4v) is 3.99. The minimum Gasteiger partial charge on any atom is -0.484 e. The third kappa shape index (κ3) is 7.10. The Kier molecular flexibility index (Phi) is 8.78. The number of fused-ring (bicyclic) bond motifs is 1. The molecule has 1 unspecified atom stereocenters. The maximum atomic E-state index is 13.5. The SMILES string of the molecule is C=C(CCNC(=O)COc1ccc(Cl)c(F)c1)NC(=O)C1CN(C(=O)c2ccc(C)o2)c2cc(Cl)ccc2O1. The summed E-state index contributed by atoms with van der Waals surface area (Å²) in [7, 11) is 0. The first-order valence-corrected chi connectivity index (χ1v) is 12.5. The smallest absolute Gasteiger partial charge is 0.294 e. The molecule has 12 heteroatoms. The quantitative estimate of drug-likeness (QED) is 0.384. The fraction of sp³-hybridized carbons (Fsp3) is 0.222. The summed E-state index contributed by atoms with van der Waals surface area (Å²) in [5, 5.41) is 5.62. The molecule has 0 saturated carbocycles. The van der Waals surface area contributed by atoms with Gasteiger partial charge in [-0.2, -0.15) is 0 Å². The number of rotatable bonds is 9. The second-order valence-electron chi connectivity index (χ2n) is 8.60. The van der Waals surface area contributed by atoms with Gasteiger partial charge in [-0.3, -0.25) is 19.3 Å². The van der Waals surface area contributed by atoms with E-state index in [1.165, 1.54) is 17.0 Å². The van der Waals surface area contributed by atoms with Crippen molar-refractivity contribution in [3.63, 3.8) is 0 Å². The standard InChI is InChI=1S/C27H24Cl2FN3O6/c1-15(9-10-31-25(34)14-37-18-5-6-19(29)20(30)12-18)32-26(35)24-13-33(27(36)23-7-3-16(2)38-23)21-11-17(28)4-8-22(21)39-24/h3-8,11-12,24H,1,9-10,13-14H2,2H3,(H,31,34)(H,32,35). The fourth-order valence-electron chi connectivity index (χ4n) is 3.70. The molecular formula is C27H24Cl2FN3O6.